The van der Waals surface area contributed by atoms with Crippen molar-refractivity contribution in [3.63, 3.8) is 0 Å². The minimum Gasteiger partial charge on any atom is -0.376 e. The Bertz CT molecular complexity index is 1140. The van der Waals surface area contributed by atoms with Gasteiger partial charge in [-0.25, -0.2) is 4.98 Å². The molecular formula is C19H17N5O2. The standard InChI is InChI=1S/C19H17N5O2/c25-18-15-11-20-19-21-17(13-5-2-1-3-6-13)22-24(19)16(15)8-9-23(18)12-14-7-4-10-26-14/h1-3,5-6,8-9,11,14H,4,7,10,12H2. The predicted octanol–water partition coefficient (Wildman–Crippen LogP) is 2.29. The van der Waals surface area contributed by atoms with Crippen LogP contribution >= 0.6 is 0 Å². The molecule has 0 radical (unpaired) electrons. The Morgan fingerprint density at radius 1 is 1.19 bits per heavy atom. The van der Waals surface area contributed by atoms with Gasteiger partial charge in [0, 0.05) is 24.6 Å². The van der Waals surface area contributed by atoms with Crippen LogP contribution in [0.4, 0.5) is 0 Å². The Kier molecular flexibility index (Phi) is 3.53. The van der Waals surface area contributed by atoms with Crippen molar-refractivity contribution in [3.05, 3.63) is 59.1 Å². The highest BCUT2D eigenvalue weighted by atomic mass is 16.5. The average molecular weight is 347 g/mol. The Hall–Kier alpha value is -3.06. The number of rotatable bonds is 3. The van der Waals surface area contributed by atoms with E-state index in [1.54, 1.807) is 21.5 Å². The summed E-state index contributed by atoms with van der Waals surface area (Å²) in [7, 11) is 0. The van der Waals surface area contributed by atoms with Gasteiger partial charge < -0.3 is 9.30 Å². The molecule has 4 aromatic rings. The van der Waals surface area contributed by atoms with E-state index in [2.05, 4.69) is 15.1 Å². The summed E-state index contributed by atoms with van der Waals surface area (Å²) in [4.78, 5) is 21.7. The van der Waals surface area contributed by atoms with Crippen molar-refractivity contribution in [2.75, 3.05) is 6.61 Å². The molecule has 5 rings (SSSR count). The number of pyridine rings is 1. The molecule has 1 fully saturated rings. The SMILES string of the molecule is O=c1c2cnc3nc(-c4ccccc4)nn3c2ccn1CC1CCCO1. The van der Waals surface area contributed by atoms with E-state index in [0.717, 1.165) is 25.0 Å². The van der Waals surface area contributed by atoms with Gasteiger partial charge in [-0.15, -0.1) is 5.10 Å². The first-order valence-electron chi connectivity index (χ1n) is 8.71. The minimum absolute atomic E-state index is 0.0795. The molecule has 0 spiro atoms. The van der Waals surface area contributed by atoms with Gasteiger partial charge in [-0.2, -0.15) is 9.50 Å². The van der Waals surface area contributed by atoms with Crippen molar-refractivity contribution in [2.24, 2.45) is 0 Å². The average Bonchev–Trinajstić information content (AvgIpc) is 3.34. The highest BCUT2D eigenvalue weighted by molar-refractivity contribution is 5.79. The highest BCUT2D eigenvalue weighted by Gasteiger charge is 2.18. The van der Waals surface area contributed by atoms with Crippen molar-refractivity contribution in [1.82, 2.24) is 24.1 Å². The number of ether oxygens (including phenoxy) is 1. The van der Waals surface area contributed by atoms with Crippen molar-refractivity contribution < 1.29 is 4.74 Å². The van der Waals surface area contributed by atoms with E-state index < -0.39 is 0 Å². The maximum absolute atomic E-state index is 12.8. The number of benzene rings is 1. The molecule has 1 aliphatic rings. The molecule has 7 nitrogen and oxygen atoms in total. The molecule has 4 heterocycles. The normalized spacial score (nSPS) is 17.3. The number of aromatic nitrogens is 5. The Balaban J connectivity index is 1.62. The van der Waals surface area contributed by atoms with Gasteiger partial charge in [0.25, 0.3) is 11.3 Å². The molecule has 7 heteroatoms. The van der Waals surface area contributed by atoms with Crippen LogP contribution in [0.5, 0.6) is 0 Å². The van der Waals surface area contributed by atoms with Gasteiger partial charge in [0.2, 0.25) is 0 Å². The summed E-state index contributed by atoms with van der Waals surface area (Å²) in [6.07, 6.45) is 5.54. The summed E-state index contributed by atoms with van der Waals surface area (Å²) < 4.78 is 8.97. The smallest absolute Gasteiger partial charge is 0.261 e. The van der Waals surface area contributed by atoms with Crippen LogP contribution in [0.15, 0.2) is 53.6 Å². The molecule has 0 bridgehead atoms. The summed E-state index contributed by atoms with van der Waals surface area (Å²) in [5, 5.41) is 5.09. The van der Waals surface area contributed by atoms with Gasteiger partial charge in [0.1, 0.15) is 0 Å². The van der Waals surface area contributed by atoms with Crippen molar-refractivity contribution >= 4 is 16.7 Å². The Labute approximate surface area is 148 Å². The molecule has 1 atom stereocenters. The van der Waals surface area contributed by atoms with Gasteiger partial charge >= 0.3 is 0 Å². The maximum atomic E-state index is 12.8. The predicted molar refractivity (Wildman–Crippen MR) is 97.0 cm³/mol. The lowest BCUT2D eigenvalue weighted by molar-refractivity contribution is 0.0963. The largest absolute Gasteiger partial charge is 0.376 e. The van der Waals surface area contributed by atoms with Gasteiger partial charge in [0.05, 0.1) is 23.6 Å². The van der Waals surface area contributed by atoms with Crippen LogP contribution in [-0.4, -0.2) is 36.9 Å². The van der Waals surface area contributed by atoms with Crippen molar-refractivity contribution in [2.45, 2.75) is 25.5 Å². The zero-order chi connectivity index (χ0) is 17.5. The van der Waals surface area contributed by atoms with E-state index in [1.807, 2.05) is 36.4 Å². The third-order valence-corrected chi connectivity index (χ3v) is 4.76. The highest BCUT2D eigenvalue weighted by Crippen LogP contribution is 2.18. The monoisotopic (exact) mass is 347 g/mol. The fraction of sp³-hybridized carbons (Fsp3) is 0.263. The molecule has 0 N–H and O–H groups in total. The van der Waals surface area contributed by atoms with Gasteiger partial charge in [-0.3, -0.25) is 4.79 Å². The third kappa shape index (κ3) is 2.48. The summed E-state index contributed by atoms with van der Waals surface area (Å²) >= 11 is 0. The molecule has 3 aromatic heterocycles. The minimum atomic E-state index is -0.0795. The number of hydrogen-bond donors (Lipinski definition) is 0. The lowest BCUT2D eigenvalue weighted by atomic mass is 10.2. The second-order valence-corrected chi connectivity index (χ2v) is 6.48. The summed E-state index contributed by atoms with van der Waals surface area (Å²) in [6, 6.07) is 11.6. The molecule has 1 saturated heterocycles. The lowest BCUT2D eigenvalue weighted by Gasteiger charge is -2.12. The van der Waals surface area contributed by atoms with Crippen molar-refractivity contribution in [3.8, 4) is 11.4 Å². The molecular weight excluding hydrogens is 330 g/mol. The number of fused-ring (bicyclic) bond motifs is 3. The van der Waals surface area contributed by atoms with Crippen LogP contribution in [0.1, 0.15) is 12.8 Å². The zero-order valence-corrected chi connectivity index (χ0v) is 14.1. The first-order valence-corrected chi connectivity index (χ1v) is 8.71. The van der Waals surface area contributed by atoms with Gasteiger partial charge in [-0.05, 0) is 18.9 Å². The van der Waals surface area contributed by atoms with Crippen LogP contribution in [0.25, 0.3) is 28.1 Å². The van der Waals surface area contributed by atoms with E-state index in [9.17, 15) is 4.79 Å². The number of nitrogens with zero attached hydrogens (tertiary/aromatic N) is 5. The van der Waals surface area contributed by atoms with Crippen LogP contribution in [0.3, 0.4) is 0 Å². The first kappa shape index (κ1) is 15.2. The summed E-state index contributed by atoms with van der Waals surface area (Å²) in [6.45, 7) is 1.34. The van der Waals surface area contributed by atoms with E-state index in [4.69, 9.17) is 4.74 Å². The fourth-order valence-corrected chi connectivity index (χ4v) is 3.42. The number of hydrogen-bond acceptors (Lipinski definition) is 5. The first-order chi connectivity index (χ1) is 12.8. The quantitative estimate of drug-likeness (QED) is 0.568. The van der Waals surface area contributed by atoms with Crippen LogP contribution in [0.2, 0.25) is 0 Å². The Morgan fingerprint density at radius 3 is 2.88 bits per heavy atom. The lowest BCUT2D eigenvalue weighted by Crippen LogP contribution is -2.26. The maximum Gasteiger partial charge on any atom is 0.261 e. The van der Waals surface area contributed by atoms with Crippen molar-refractivity contribution in [1.29, 1.82) is 0 Å². The molecule has 0 aliphatic carbocycles. The second kappa shape index (κ2) is 6.03. The van der Waals surface area contributed by atoms with E-state index in [-0.39, 0.29) is 11.7 Å². The molecule has 1 unspecified atom stereocenters. The Morgan fingerprint density at radius 2 is 2.08 bits per heavy atom. The third-order valence-electron chi connectivity index (χ3n) is 4.76. The molecule has 130 valence electrons. The molecule has 1 aromatic carbocycles. The molecule has 0 amide bonds. The van der Waals surface area contributed by atoms with Gasteiger partial charge in [0.15, 0.2) is 5.82 Å². The van der Waals surface area contributed by atoms with Crippen LogP contribution in [-0.2, 0) is 11.3 Å². The fourth-order valence-electron chi connectivity index (χ4n) is 3.42. The molecule has 1 aliphatic heterocycles. The zero-order valence-electron chi connectivity index (χ0n) is 14.1. The summed E-state index contributed by atoms with van der Waals surface area (Å²) in [5.74, 6) is 1.07. The summed E-state index contributed by atoms with van der Waals surface area (Å²) in [5.41, 5.74) is 1.54. The molecule has 0 saturated carbocycles. The second-order valence-electron chi connectivity index (χ2n) is 6.48. The van der Waals surface area contributed by atoms with Crippen LogP contribution in [0, 0.1) is 0 Å². The van der Waals surface area contributed by atoms with E-state index in [0.29, 0.717) is 29.0 Å². The van der Waals surface area contributed by atoms with Crippen LogP contribution < -0.4 is 5.56 Å². The van der Waals surface area contributed by atoms with Gasteiger partial charge in [-0.1, -0.05) is 30.3 Å². The van der Waals surface area contributed by atoms with E-state index >= 15 is 0 Å². The van der Waals surface area contributed by atoms with E-state index in [1.165, 1.54) is 0 Å². The topological polar surface area (TPSA) is 74.3 Å². The molecule has 26 heavy (non-hydrogen) atoms.